The van der Waals surface area contributed by atoms with E-state index < -0.39 is 0 Å². The molecule has 0 bridgehead atoms. The van der Waals surface area contributed by atoms with Crippen LogP contribution in [0.3, 0.4) is 0 Å². The van der Waals surface area contributed by atoms with Gasteiger partial charge in [-0.05, 0) is 48.6 Å². The number of nitrogens with zero attached hydrogens (tertiary/aromatic N) is 3. The highest BCUT2D eigenvalue weighted by atomic mass is 79.9. The molecule has 1 rings (SSSR count). The fraction of sp³-hybridized carbons (Fsp3) is 0.429. The summed E-state index contributed by atoms with van der Waals surface area (Å²) in [6.07, 6.45) is 3.26. The fourth-order valence-electron chi connectivity index (χ4n) is 1.03. The molecular weight excluding hydrogens is 304 g/mol. The largest absolute Gasteiger partial charge is 0.299 e. The molecule has 0 atom stereocenters. The number of rotatable bonds is 3. The Morgan fingerprint density at radius 3 is 2.74 bits per heavy atom. The van der Waals surface area contributed by atoms with E-state index in [-0.39, 0.29) is 0 Å². The van der Waals surface area contributed by atoms with Crippen LogP contribution in [0.1, 0.15) is 19.4 Å². The summed E-state index contributed by atoms with van der Waals surface area (Å²) >= 11 is 3.36. The maximum absolute atomic E-state index is 4.20. The molecule has 19 heavy (non-hydrogen) atoms. The van der Waals surface area contributed by atoms with Crippen LogP contribution in [0.5, 0.6) is 0 Å². The number of anilines is 1. The summed E-state index contributed by atoms with van der Waals surface area (Å²) in [5, 5.41) is 3.98. The predicted molar refractivity (Wildman–Crippen MR) is 86.5 cm³/mol. The molecule has 0 aliphatic carbocycles. The Morgan fingerprint density at radius 1 is 1.47 bits per heavy atom. The lowest BCUT2D eigenvalue weighted by Gasteiger charge is -2.02. The number of hydrazone groups is 1. The number of nitrogens with one attached hydrogen (secondary N) is 1. The molecule has 0 saturated carbocycles. The fourth-order valence-corrected chi connectivity index (χ4v) is 1.48. The lowest BCUT2D eigenvalue weighted by Crippen LogP contribution is -2.10. The highest BCUT2D eigenvalue weighted by Crippen LogP contribution is 2.16. The molecule has 5 heteroatoms. The molecule has 1 N–H and O–H groups in total. The SMILES string of the molecule is CC.Cc1cc(Br)cnc1N/N=C/C#CCN(C)C. The maximum atomic E-state index is 4.20. The van der Waals surface area contributed by atoms with Crippen LogP contribution in [0, 0.1) is 18.8 Å². The molecule has 1 aromatic heterocycles. The average Bonchev–Trinajstić information content (AvgIpc) is 2.38. The first kappa shape index (κ1) is 17.6. The molecule has 1 heterocycles. The molecule has 1 aromatic rings. The third-order valence-electron chi connectivity index (χ3n) is 1.84. The van der Waals surface area contributed by atoms with E-state index in [9.17, 15) is 0 Å². The Hall–Kier alpha value is -1.38. The van der Waals surface area contributed by atoms with E-state index in [2.05, 4.69) is 43.3 Å². The zero-order valence-corrected chi connectivity index (χ0v) is 13.7. The molecule has 0 saturated heterocycles. The normalized spacial score (nSPS) is 9.63. The number of aryl methyl sites for hydroxylation is 1. The van der Waals surface area contributed by atoms with Crippen LogP contribution in [0.25, 0.3) is 0 Å². The summed E-state index contributed by atoms with van der Waals surface area (Å²) < 4.78 is 0.954. The Labute approximate surface area is 124 Å². The van der Waals surface area contributed by atoms with Crippen LogP contribution in [-0.2, 0) is 0 Å². The van der Waals surface area contributed by atoms with Crippen molar-refractivity contribution in [2.75, 3.05) is 26.1 Å². The van der Waals surface area contributed by atoms with Gasteiger partial charge in [0, 0.05) is 10.7 Å². The van der Waals surface area contributed by atoms with Crippen LogP contribution >= 0.6 is 15.9 Å². The number of hydrogen-bond acceptors (Lipinski definition) is 4. The van der Waals surface area contributed by atoms with Gasteiger partial charge in [0.2, 0.25) is 0 Å². The van der Waals surface area contributed by atoms with Crippen molar-refractivity contribution in [2.24, 2.45) is 5.10 Å². The first-order chi connectivity index (χ1) is 9.09. The summed E-state index contributed by atoms with van der Waals surface area (Å²) in [5.41, 5.74) is 3.88. The summed E-state index contributed by atoms with van der Waals surface area (Å²) in [5.74, 6) is 6.52. The number of halogens is 1. The van der Waals surface area contributed by atoms with Crippen molar-refractivity contribution in [3.63, 3.8) is 0 Å². The Kier molecular flexibility index (Phi) is 9.77. The molecule has 0 aromatic carbocycles. The van der Waals surface area contributed by atoms with Gasteiger partial charge in [-0.1, -0.05) is 25.7 Å². The third kappa shape index (κ3) is 8.36. The molecule has 0 aliphatic heterocycles. The van der Waals surface area contributed by atoms with Gasteiger partial charge in [-0.3, -0.25) is 10.3 Å². The van der Waals surface area contributed by atoms with Crippen molar-refractivity contribution >= 4 is 28.0 Å². The maximum Gasteiger partial charge on any atom is 0.149 e. The topological polar surface area (TPSA) is 40.5 Å². The van der Waals surface area contributed by atoms with Gasteiger partial charge in [-0.25, -0.2) is 4.98 Å². The Bertz CT molecular complexity index is 458. The van der Waals surface area contributed by atoms with Crippen molar-refractivity contribution in [1.82, 2.24) is 9.88 Å². The van der Waals surface area contributed by atoms with Crippen LogP contribution in [0.15, 0.2) is 21.8 Å². The van der Waals surface area contributed by atoms with Crippen LogP contribution in [0.4, 0.5) is 5.82 Å². The molecule has 0 radical (unpaired) electrons. The summed E-state index contributed by atoms with van der Waals surface area (Å²) in [6, 6.07) is 1.97. The van der Waals surface area contributed by atoms with Crippen LogP contribution in [0.2, 0.25) is 0 Å². The van der Waals surface area contributed by atoms with E-state index in [0.29, 0.717) is 0 Å². The molecule has 0 fully saturated rings. The molecule has 0 unspecified atom stereocenters. The van der Waals surface area contributed by atoms with Gasteiger partial charge in [-0.15, -0.1) is 0 Å². The van der Waals surface area contributed by atoms with Gasteiger partial charge in [-0.2, -0.15) is 5.10 Å². The van der Waals surface area contributed by atoms with Gasteiger partial charge < -0.3 is 0 Å². The van der Waals surface area contributed by atoms with E-state index in [1.54, 1.807) is 6.20 Å². The van der Waals surface area contributed by atoms with E-state index in [1.165, 1.54) is 6.21 Å². The van der Waals surface area contributed by atoms with Crippen molar-refractivity contribution < 1.29 is 0 Å². The average molecular weight is 325 g/mol. The Morgan fingerprint density at radius 2 is 2.16 bits per heavy atom. The summed E-state index contributed by atoms with van der Waals surface area (Å²) in [6.45, 7) is 6.69. The number of pyridine rings is 1. The first-order valence-electron chi connectivity index (χ1n) is 6.12. The zero-order valence-electron chi connectivity index (χ0n) is 12.2. The lowest BCUT2D eigenvalue weighted by molar-refractivity contribution is 0.464. The number of hydrogen-bond donors (Lipinski definition) is 1. The minimum Gasteiger partial charge on any atom is -0.299 e. The van der Waals surface area contributed by atoms with E-state index in [4.69, 9.17) is 0 Å². The molecule has 0 amide bonds. The lowest BCUT2D eigenvalue weighted by atomic mass is 10.3. The van der Waals surface area contributed by atoms with Crippen molar-refractivity contribution in [2.45, 2.75) is 20.8 Å². The zero-order chi connectivity index (χ0) is 14.7. The standard InChI is InChI=1S/C12H15BrN4.C2H6/c1-10-8-11(13)9-14-12(10)16-15-6-4-5-7-17(2)3;1-2/h6,8-9H,7H2,1-3H3,(H,14,16);1-2H3/b15-6+;. The highest BCUT2D eigenvalue weighted by Gasteiger charge is 1.97. The van der Waals surface area contributed by atoms with Crippen molar-refractivity contribution in [1.29, 1.82) is 0 Å². The monoisotopic (exact) mass is 324 g/mol. The summed E-state index contributed by atoms with van der Waals surface area (Å²) in [7, 11) is 3.94. The van der Waals surface area contributed by atoms with Crippen LogP contribution < -0.4 is 5.43 Å². The molecular formula is C14H21BrN4. The van der Waals surface area contributed by atoms with Gasteiger partial charge in [0.25, 0.3) is 0 Å². The second kappa shape index (κ2) is 10.5. The highest BCUT2D eigenvalue weighted by molar-refractivity contribution is 9.10. The van der Waals surface area contributed by atoms with Gasteiger partial charge >= 0.3 is 0 Å². The van der Waals surface area contributed by atoms with E-state index >= 15 is 0 Å². The van der Waals surface area contributed by atoms with Gasteiger partial charge in [0.1, 0.15) is 5.82 Å². The smallest absolute Gasteiger partial charge is 0.149 e. The summed E-state index contributed by atoms with van der Waals surface area (Å²) in [4.78, 5) is 6.19. The molecule has 104 valence electrons. The first-order valence-corrected chi connectivity index (χ1v) is 6.91. The second-order valence-electron chi connectivity index (χ2n) is 3.75. The van der Waals surface area contributed by atoms with E-state index in [1.807, 2.05) is 45.8 Å². The minimum absolute atomic E-state index is 0.724. The quantitative estimate of drug-likeness (QED) is 0.527. The number of aromatic nitrogens is 1. The molecule has 0 aliphatic rings. The van der Waals surface area contributed by atoms with Crippen molar-refractivity contribution in [3.8, 4) is 11.8 Å². The van der Waals surface area contributed by atoms with Gasteiger partial charge in [0.15, 0.2) is 0 Å². The molecule has 4 nitrogen and oxygen atoms in total. The van der Waals surface area contributed by atoms with Gasteiger partial charge in [0.05, 0.1) is 12.8 Å². The van der Waals surface area contributed by atoms with E-state index in [0.717, 1.165) is 22.4 Å². The van der Waals surface area contributed by atoms with Crippen LogP contribution in [-0.4, -0.2) is 36.7 Å². The third-order valence-corrected chi connectivity index (χ3v) is 2.28. The second-order valence-corrected chi connectivity index (χ2v) is 4.66. The minimum atomic E-state index is 0.724. The Balaban J connectivity index is 0.00000154. The predicted octanol–water partition coefficient (Wildman–Crippen LogP) is 3.14. The van der Waals surface area contributed by atoms with Crippen molar-refractivity contribution in [3.05, 3.63) is 22.3 Å². The molecule has 0 spiro atoms.